The standard InChI is InChI=1S/C15H24ClN/c1-7-8-9-13(15(4,5)6)14(16)17-11-10-12(2)3/h7-12H,1-6H3/b8-7-,11-10+,13-9+,17-14-. The van der Waals surface area contributed by atoms with Crippen molar-refractivity contribution in [2.45, 2.75) is 41.5 Å². The highest BCUT2D eigenvalue weighted by atomic mass is 35.5. The van der Waals surface area contributed by atoms with Crippen molar-refractivity contribution in [1.29, 1.82) is 0 Å². The molecule has 0 amide bonds. The third kappa shape index (κ3) is 7.17. The van der Waals surface area contributed by atoms with E-state index in [9.17, 15) is 0 Å². The Morgan fingerprint density at radius 1 is 1.24 bits per heavy atom. The summed E-state index contributed by atoms with van der Waals surface area (Å²) in [5.74, 6) is 0.487. The zero-order valence-electron chi connectivity index (χ0n) is 11.8. The van der Waals surface area contributed by atoms with E-state index in [-0.39, 0.29) is 5.41 Å². The number of nitrogens with zero attached hydrogens (tertiary/aromatic N) is 1. The molecule has 0 aliphatic heterocycles. The molecule has 2 heteroatoms. The Labute approximate surface area is 111 Å². The summed E-state index contributed by atoms with van der Waals surface area (Å²) in [5.41, 5.74) is 1.04. The largest absolute Gasteiger partial charge is 0.245 e. The summed E-state index contributed by atoms with van der Waals surface area (Å²) in [6, 6.07) is 0. The minimum Gasteiger partial charge on any atom is -0.245 e. The molecule has 96 valence electrons. The molecule has 0 fully saturated rings. The quantitative estimate of drug-likeness (QED) is 0.474. The van der Waals surface area contributed by atoms with Gasteiger partial charge in [0, 0.05) is 6.20 Å². The van der Waals surface area contributed by atoms with Gasteiger partial charge in [0.2, 0.25) is 0 Å². The van der Waals surface area contributed by atoms with E-state index in [0.29, 0.717) is 11.1 Å². The van der Waals surface area contributed by atoms with Gasteiger partial charge in [-0.15, -0.1) is 0 Å². The van der Waals surface area contributed by atoms with Crippen LogP contribution in [-0.4, -0.2) is 5.17 Å². The summed E-state index contributed by atoms with van der Waals surface area (Å²) in [6.45, 7) is 12.6. The number of halogens is 1. The van der Waals surface area contributed by atoms with E-state index in [2.05, 4.69) is 39.6 Å². The average Bonchev–Trinajstić information content (AvgIpc) is 2.15. The molecule has 0 heterocycles. The van der Waals surface area contributed by atoms with Gasteiger partial charge >= 0.3 is 0 Å². The maximum Gasteiger partial charge on any atom is 0.132 e. The lowest BCUT2D eigenvalue weighted by Gasteiger charge is -2.21. The Morgan fingerprint density at radius 2 is 1.82 bits per heavy atom. The van der Waals surface area contributed by atoms with E-state index in [0.717, 1.165) is 5.57 Å². The lowest BCUT2D eigenvalue weighted by Crippen LogP contribution is -2.14. The topological polar surface area (TPSA) is 12.4 Å². The highest BCUT2D eigenvalue weighted by Gasteiger charge is 2.19. The van der Waals surface area contributed by atoms with Gasteiger partial charge in [0.05, 0.1) is 0 Å². The smallest absolute Gasteiger partial charge is 0.132 e. The summed E-state index contributed by atoms with van der Waals surface area (Å²) in [5, 5.41) is 0.563. The van der Waals surface area contributed by atoms with E-state index in [1.165, 1.54) is 0 Å². The van der Waals surface area contributed by atoms with Crippen LogP contribution in [0.2, 0.25) is 0 Å². The Balaban J connectivity index is 5.08. The second-order valence-corrected chi connectivity index (χ2v) is 5.72. The normalized spacial score (nSPS) is 15.5. The second kappa shape index (κ2) is 7.50. The van der Waals surface area contributed by atoms with Gasteiger partial charge in [0.1, 0.15) is 5.17 Å². The van der Waals surface area contributed by atoms with Crippen molar-refractivity contribution in [1.82, 2.24) is 0 Å². The van der Waals surface area contributed by atoms with Crippen molar-refractivity contribution in [2.24, 2.45) is 16.3 Å². The van der Waals surface area contributed by atoms with Crippen LogP contribution in [0.3, 0.4) is 0 Å². The van der Waals surface area contributed by atoms with E-state index in [1.807, 2.05) is 31.2 Å². The van der Waals surface area contributed by atoms with Gasteiger partial charge in [-0.2, -0.15) is 0 Å². The van der Waals surface area contributed by atoms with Crippen molar-refractivity contribution >= 4 is 16.8 Å². The number of hydrogen-bond acceptors (Lipinski definition) is 1. The predicted molar refractivity (Wildman–Crippen MR) is 79.6 cm³/mol. The molecule has 0 saturated heterocycles. The zero-order valence-corrected chi connectivity index (χ0v) is 12.5. The first-order valence-electron chi connectivity index (χ1n) is 6.02. The number of allylic oxidation sites excluding steroid dienone is 5. The molecule has 0 aromatic rings. The second-order valence-electron chi connectivity index (χ2n) is 5.36. The molecule has 0 unspecified atom stereocenters. The number of aliphatic imine (C=N–C) groups is 1. The van der Waals surface area contributed by atoms with Gasteiger partial charge < -0.3 is 0 Å². The highest BCUT2D eigenvalue weighted by Crippen LogP contribution is 2.28. The van der Waals surface area contributed by atoms with Crippen molar-refractivity contribution in [3.8, 4) is 0 Å². The van der Waals surface area contributed by atoms with E-state index < -0.39 is 0 Å². The fraction of sp³-hybridized carbons (Fsp3) is 0.533. The summed E-state index contributed by atoms with van der Waals surface area (Å²) in [7, 11) is 0. The highest BCUT2D eigenvalue weighted by molar-refractivity contribution is 6.69. The Kier molecular flexibility index (Phi) is 7.13. The van der Waals surface area contributed by atoms with E-state index in [4.69, 9.17) is 11.6 Å². The lowest BCUT2D eigenvalue weighted by atomic mass is 9.86. The fourth-order valence-corrected chi connectivity index (χ4v) is 1.57. The minimum absolute atomic E-state index is 0.00817. The summed E-state index contributed by atoms with van der Waals surface area (Å²) < 4.78 is 0. The maximum absolute atomic E-state index is 6.25. The van der Waals surface area contributed by atoms with E-state index in [1.54, 1.807) is 6.20 Å². The molecule has 0 bridgehead atoms. The monoisotopic (exact) mass is 253 g/mol. The van der Waals surface area contributed by atoms with Gasteiger partial charge in [-0.1, -0.05) is 70.5 Å². The van der Waals surface area contributed by atoms with Crippen LogP contribution in [0, 0.1) is 11.3 Å². The van der Waals surface area contributed by atoms with Gasteiger partial charge in [0.15, 0.2) is 0 Å². The summed E-state index contributed by atoms with van der Waals surface area (Å²) in [6.07, 6.45) is 9.81. The van der Waals surface area contributed by atoms with Crippen molar-refractivity contribution < 1.29 is 0 Å². The van der Waals surface area contributed by atoms with Crippen molar-refractivity contribution in [3.05, 3.63) is 36.1 Å². The van der Waals surface area contributed by atoms with Gasteiger partial charge in [-0.3, -0.25) is 0 Å². The molecule has 1 nitrogen and oxygen atoms in total. The van der Waals surface area contributed by atoms with Gasteiger partial charge in [0.25, 0.3) is 0 Å². The molecular weight excluding hydrogens is 230 g/mol. The van der Waals surface area contributed by atoms with E-state index >= 15 is 0 Å². The molecule has 17 heavy (non-hydrogen) atoms. The first kappa shape index (κ1) is 16.2. The zero-order chi connectivity index (χ0) is 13.5. The summed E-state index contributed by atoms with van der Waals surface area (Å²) in [4.78, 5) is 4.28. The molecule has 0 atom stereocenters. The Morgan fingerprint density at radius 3 is 2.24 bits per heavy atom. The maximum atomic E-state index is 6.25. The third-order valence-electron chi connectivity index (χ3n) is 2.14. The molecule has 0 saturated carbocycles. The predicted octanol–water partition coefficient (Wildman–Crippen LogP) is 5.34. The SMILES string of the molecule is C\C=C/C=C(\C(Cl)=N\C=C\C(C)C)C(C)(C)C. The first-order valence-corrected chi connectivity index (χ1v) is 6.40. The van der Waals surface area contributed by atoms with Gasteiger partial charge in [-0.25, -0.2) is 4.99 Å². The minimum atomic E-state index is -0.00817. The van der Waals surface area contributed by atoms with Crippen LogP contribution in [-0.2, 0) is 0 Å². The Hall–Kier alpha value is -0.820. The van der Waals surface area contributed by atoms with Crippen LogP contribution >= 0.6 is 11.6 Å². The van der Waals surface area contributed by atoms with Crippen molar-refractivity contribution in [3.63, 3.8) is 0 Å². The number of rotatable bonds is 4. The van der Waals surface area contributed by atoms with Crippen LogP contribution < -0.4 is 0 Å². The van der Waals surface area contributed by atoms with Gasteiger partial charge in [-0.05, 0) is 23.8 Å². The third-order valence-corrected chi connectivity index (χ3v) is 2.45. The molecular formula is C15H24ClN. The fourth-order valence-electron chi connectivity index (χ4n) is 1.17. The van der Waals surface area contributed by atoms with Crippen LogP contribution in [0.15, 0.2) is 41.1 Å². The van der Waals surface area contributed by atoms with Crippen LogP contribution in [0.1, 0.15) is 41.5 Å². The van der Waals surface area contributed by atoms with Crippen molar-refractivity contribution in [2.75, 3.05) is 0 Å². The van der Waals surface area contributed by atoms with Crippen LogP contribution in [0.25, 0.3) is 0 Å². The first-order chi connectivity index (χ1) is 7.79. The molecule has 0 radical (unpaired) electrons. The molecule has 0 aliphatic carbocycles. The molecule has 0 rings (SSSR count). The molecule has 0 aromatic heterocycles. The Bertz CT molecular complexity index is 338. The summed E-state index contributed by atoms with van der Waals surface area (Å²) >= 11 is 6.25. The molecule has 0 aromatic carbocycles. The molecule has 0 N–H and O–H groups in total. The average molecular weight is 254 g/mol. The van der Waals surface area contributed by atoms with Crippen LogP contribution in [0.4, 0.5) is 0 Å². The molecule has 0 spiro atoms. The van der Waals surface area contributed by atoms with Crippen LogP contribution in [0.5, 0.6) is 0 Å². The lowest BCUT2D eigenvalue weighted by molar-refractivity contribution is 0.526. The number of hydrogen-bond donors (Lipinski definition) is 0. The molecule has 0 aliphatic rings.